The summed E-state index contributed by atoms with van der Waals surface area (Å²) >= 11 is 4.33. The first kappa shape index (κ1) is 17.6. The summed E-state index contributed by atoms with van der Waals surface area (Å²) in [5.74, 6) is 0.364. The van der Waals surface area contributed by atoms with Crippen molar-refractivity contribution in [2.24, 2.45) is 0 Å². The Morgan fingerprint density at radius 2 is 1.96 bits per heavy atom. The van der Waals surface area contributed by atoms with Crippen LogP contribution in [0.25, 0.3) is 11.3 Å². The van der Waals surface area contributed by atoms with E-state index in [2.05, 4.69) is 27.5 Å². The van der Waals surface area contributed by atoms with Gasteiger partial charge in [0.25, 0.3) is 0 Å². The van der Waals surface area contributed by atoms with E-state index in [9.17, 15) is 13.2 Å². The summed E-state index contributed by atoms with van der Waals surface area (Å²) in [6.45, 7) is 3.53. The molecule has 0 unspecified atom stereocenters. The van der Waals surface area contributed by atoms with Crippen molar-refractivity contribution in [1.29, 1.82) is 5.26 Å². The van der Waals surface area contributed by atoms with E-state index < -0.39 is 17.3 Å². The van der Waals surface area contributed by atoms with Crippen LogP contribution in [0.2, 0.25) is 0 Å². The highest BCUT2D eigenvalue weighted by atomic mass is 79.9. The zero-order valence-corrected chi connectivity index (χ0v) is 14.1. The van der Waals surface area contributed by atoms with Crippen molar-refractivity contribution in [2.45, 2.75) is 11.2 Å². The van der Waals surface area contributed by atoms with Crippen LogP contribution >= 0.6 is 27.7 Å². The SMILES string of the molecule is C=CCSc1nc(-c2ccc(Br)cc2)cc(C(F)(F)F)c1C#N. The first-order valence-corrected chi connectivity index (χ1v) is 8.16. The number of aromatic nitrogens is 1. The number of nitriles is 1. The molecule has 0 aliphatic rings. The maximum absolute atomic E-state index is 13.3. The van der Waals surface area contributed by atoms with E-state index in [1.165, 1.54) is 0 Å². The average molecular weight is 399 g/mol. The standard InChI is InChI=1S/C16H10BrF3N2S/c1-2-7-23-15-12(9-21)13(16(18,19)20)8-14(22-15)10-3-5-11(17)6-4-10/h2-6,8H,1,7H2. The lowest BCUT2D eigenvalue weighted by Gasteiger charge is -2.14. The molecule has 0 saturated carbocycles. The molecule has 0 aliphatic carbocycles. The molecule has 0 aliphatic heterocycles. The molecule has 1 aromatic carbocycles. The minimum Gasteiger partial charge on any atom is -0.240 e. The number of benzene rings is 1. The van der Waals surface area contributed by atoms with Gasteiger partial charge in [-0.2, -0.15) is 18.4 Å². The second-order valence-corrected chi connectivity index (χ2v) is 6.38. The molecule has 0 spiro atoms. The summed E-state index contributed by atoms with van der Waals surface area (Å²) in [7, 11) is 0. The molecule has 1 aromatic heterocycles. The molecule has 2 aromatic rings. The van der Waals surface area contributed by atoms with Gasteiger partial charge in [0.05, 0.1) is 16.8 Å². The molecular formula is C16H10BrF3N2S. The Labute approximate surface area is 144 Å². The van der Waals surface area contributed by atoms with Gasteiger partial charge in [-0.05, 0) is 18.2 Å². The second-order valence-electron chi connectivity index (χ2n) is 4.45. The van der Waals surface area contributed by atoms with E-state index >= 15 is 0 Å². The van der Waals surface area contributed by atoms with Gasteiger partial charge in [-0.3, -0.25) is 0 Å². The molecule has 7 heteroatoms. The molecule has 0 saturated heterocycles. The largest absolute Gasteiger partial charge is 0.417 e. The van der Waals surface area contributed by atoms with Crippen molar-refractivity contribution in [3.8, 4) is 17.3 Å². The normalized spacial score (nSPS) is 11.1. The lowest BCUT2D eigenvalue weighted by atomic mass is 10.1. The molecule has 23 heavy (non-hydrogen) atoms. The van der Waals surface area contributed by atoms with Gasteiger partial charge in [-0.1, -0.05) is 34.1 Å². The van der Waals surface area contributed by atoms with Crippen LogP contribution in [0.15, 0.2) is 52.5 Å². The molecule has 0 atom stereocenters. The van der Waals surface area contributed by atoms with Crippen molar-refractivity contribution in [2.75, 3.05) is 5.75 Å². The van der Waals surface area contributed by atoms with Crippen molar-refractivity contribution in [3.63, 3.8) is 0 Å². The van der Waals surface area contributed by atoms with Gasteiger partial charge in [-0.15, -0.1) is 18.3 Å². The summed E-state index contributed by atoms with van der Waals surface area (Å²) in [5, 5.41) is 9.18. The fraction of sp³-hybridized carbons (Fsp3) is 0.125. The van der Waals surface area contributed by atoms with Crippen LogP contribution in [-0.2, 0) is 6.18 Å². The van der Waals surface area contributed by atoms with Crippen LogP contribution < -0.4 is 0 Å². The van der Waals surface area contributed by atoms with Gasteiger partial charge >= 0.3 is 6.18 Å². The highest BCUT2D eigenvalue weighted by Gasteiger charge is 2.36. The molecule has 2 rings (SSSR count). The fourth-order valence-electron chi connectivity index (χ4n) is 1.86. The quantitative estimate of drug-likeness (QED) is 0.490. The number of thioether (sulfide) groups is 1. The number of nitrogens with zero attached hydrogens (tertiary/aromatic N) is 2. The van der Waals surface area contributed by atoms with Gasteiger partial charge in [-0.25, -0.2) is 4.98 Å². The Balaban J connectivity index is 2.66. The Morgan fingerprint density at radius 1 is 1.30 bits per heavy atom. The maximum atomic E-state index is 13.3. The molecule has 2 nitrogen and oxygen atoms in total. The minimum atomic E-state index is -4.62. The highest BCUT2D eigenvalue weighted by molar-refractivity contribution is 9.10. The second kappa shape index (κ2) is 7.20. The van der Waals surface area contributed by atoms with E-state index in [-0.39, 0.29) is 10.7 Å². The predicted molar refractivity (Wildman–Crippen MR) is 88.0 cm³/mol. The third-order valence-electron chi connectivity index (χ3n) is 2.88. The van der Waals surface area contributed by atoms with E-state index in [1.807, 2.05) is 0 Å². The van der Waals surface area contributed by atoms with Crippen molar-refractivity contribution < 1.29 is 13.2 Å². The number of rotatable bonds is 4. The van der Waals surface area contributed by atoms with Crippen LogP contribution in [0, 0.1) is 11.3 Å². The molecule has 0 amide bonds. The van der Waals surface area contributed by atoms with Crippen LogP contribution in [0.4, 0.5) is 13.2 Å². The van der Waals surface area contributed by atoms with E-state index in [0.717, 1.165) is 22.3 Å². The fourth-order valence-corrected chi connectivity index (χ4v) is 2.87. The monoisotopic (exact) mass is 398 g/mol. The maximum Gasteiger partial charge on any atom is 0.417 e. The van der Waals surface area contributed by atoms with Gasteiger partial charge in [0, 0.05) is 15.8 Å². The van der Waals surface area contributed by atoms with Crippen LogP contribution in [-0.4, -0.2) is 10.7 Å². The van der Waals surface area contributed by atoms with Gasteiger partial charge in [0.2, 0.25) is 0 Å². The predicted octanol–water partition coefficient (Wildman–Crippen LogP) is 5.68. The topological polar surface area (TPSA) is 36.7 Å². The van der Waals surface area contributed by atoms with Crippen molar-refractivity contribution >= 4 is 27.7 Å². The molecule has 0 N–H and O–H groups in total. The molecule has 0 radical (unpaired) electrons. The zero-order chi connectivity index (χ0) is 17.0. The Hall–Kier alpha value is -1.78. The Bertz CT molecular complexity index is 765. The van der Waals surface area contributed by atoms with Gasteiger partial charge < -0.3 is 0 Å². The molecule has 0 bridgehead atoms. The third kappa shape index (κ3) is 4.15. The lowest BCUT2D eigenvalue weighted by Crippen LogP contribution is -2.10. The number of halogens is 4. The summed E-state index contributed by atoms with van der Waals surface area (Å²) in [5.41, 5.74) is -0.705. The smallest absolute Gasteiger partial charge is 0.240 e. The Kier molecular flexibility index (Phi) is 5.50. The first-order valence-electron chi connectivity index (χ1n) is 6.38. The van der Waals surface area contributed by atoms with Crippen LogP contribution in [0.5, 0.6) is 0 Å². The van der Waals surface area contributed by atoms with Crippen LogP contribution in [0.3, 0.4) is 0 Å². The number of pyridine rings is 1. The molecule has 118 valence electrons. The molecule has 0 fully saturated rings. The van der Waals surface area contributed by atoms with Crippen molar-refractivity contribution in [3.05, 3.63) is 58.6 Å². The summed E-state index contributed by atoms with van der Waals surface area (Å²) in [4.78, 5) is 4.23. The van der Waals surface area contributed by atoms with Crippen molar-refractivity contribution in [1.82, 2.24) is 4.98 Å². The lowest BCUT2D eigenvalue weighted by molar-refractivity contribution is -0.138. The zero-order valence-electron chi connectivity index (χ0n) is 11.7. The summed E-state index contributed by atoms with van der Waals surface area (Å²) in [6.07, 6.45) is -3.07. The summed E-state index contributed by atoms with van der Waals surface area (Å²) < 4.78 is 40.7. The number of alkyl halides is 3. The van der Waals surface area contributed by atoms with Gasteiger partial charge in [0.1, 0.15) is 11.1 Å². The molecular weight excluding hydrogens is 389 g/mol. The number of hydrogen-bond donors (Lipinski definition) is 0. The van der Waals surface area contributed by atoms with E-state index in [4.69, 9.17) is 5.26 Å². The average Bonchev–Trinajstić information content (AvgIpc) is 2.51. The highest BCUT2D eigenvalue weighted by Crippen LogP contribution is 2.38. The van der Waals surface area contributed by atoms with E-state index in [0.29, 0.717) is 11.3 Å². The summed E-state index contributed by atoms with van der Waals surface area (Å²) in [6, 6.07) is 9.32. The minimum absolute atomic E-state index is 0.0557. The first-order chi connectivity index (χ1) is 10.9. The van der Waals surface area contributed by atoms with Crippen LogP contribution in [0.1, 0.15) is 11.1 Å². The van der Waals surface area contributed by atoms with Gasteiger partial charge in [0.15, 0.2) is 0 Å². The molecule has 1 heterocycles. The third-order valence-corrected chi connectivity index (χ3v) is 4.38. The van der Waals surface area contributed by atoms with E-state index in [1.54, 1.807) is 36.4 Å². The Morgan fingerprint density at radius 3 is 2.48 bits per heavy atom. The number of hydrogen-bond acceptors (Lipinski definition) is 3.